The fourth-order valence-electron chi connectivity index (χ4n) is 1.50. The zero-order chi connectivity index (χ0) is 9.98. The molecule has 1 atom stereocenters. The van der Waals surface area contributed by atoms with E-state index in [4.69, 9.17) is 4.79 Å². The lowest BCUT2D eigenvalue weighted by Gasteiger charge is -2.16. The van der Waals surface area contributed by atoms with Gasteiger partial charge in [-0.1, -0.05) is 20.8 Å². The van der Waals surface area contributed by atoms with Crippen LogP contribution in [0.25, 0.3) is 0 Å². The summed E-state index contributed by atoms with van der Waals surface area (Å²) in [5, 5.41) is 0. The van der Waals surface area contributed by atoms with Crippen molar-refractivity contribution in [2.75, 3.05) is 13.6 Å². The van der Waals surface area contributed by atoms with Crippen LogP contribution < -0.4 is 0 Å². The molecule has 0 spiro atoms. The Morgan fingerprint density at radius 3 is 2.08 bits per heavy atom. The second kappa shape index (κ2) is 10.6. The molecule has 2 heteroatoms. The van der Waals surface area contributed by atoms with Crippen molar-refractivity contribution in [1.82, 2.24) is 4.90 Å². The van der Waals surface area contributed by atoms with Gasteiger partial charge in [0, 0.05) is 6.04 Å². The molecule has 0 N–H and O–H groups in total. The molecule has 0 aromatic carbocycles. The lowest BCUT2D eigenvalue weighted by Crippen LogP contribution is -2.23. The van der Waals surface area contributed by atoms with Crippen LogP contribution in [0.2, 0.25) is 0 Å². The van der Waals surface area contributed by atoms with Gasteiger partial charge in [0.2, 0.25) is 0 Å². The summed E-state index contributed by atoms with van der Waals surface area (Å²) >= 11 is 0. The summed E-state index contributed by atoms with van der Waals surface area (Å²) in [6.07, 6.45) is 4.17. The van der Waals surface area contributed by atoms with Gasteiger partial charge < -0.3 is 9.69 Å². The van der Waals surface area contributed by atoms with Gasteiger partial charge >= 0.3 is 0 Å². The molecule has 1 aliphatic rings. The molecule has 1 saturated heterocycles. The van der Waals surface area contributed by atoms with E-state index >= 15 is 0 Å². The second-order valence-electron chi connectivity index (χ2n) is 2.68. The number of rotatable bonds is 1. The van der Waals surface area contributed by atoms with E-state index in [1.54, 1.807) is 0 Å². The van der Waals surface area contributed by atoms with Crippen molar-refractivity contribution < 1.29 is 4.79 Å². The number of likely N-dealkylation sites (tertiary alicyclic amines) is 1. The van der Waals surface area contributed by atoms with Gasteiger partial charge in [-0.2, -0.15) is 0 Å². The monoisotopic (exact) mass is 173 g/mol. The van der Waals surface area contributed by atoms with Gasteiger partial charge in [0.15, 0.2) is 0 Å². The number of hydrogen-bond acceptors (Lipinski definition) is 2. The average molecular weight is 173 g/mol. The van der Waals surface area contributed by atoms with Crippen LogP contribution in [-0.4, -0.2) is 31.3 Å². The quantitative estimate of drug-likeness (QED) is 0.606. The maximum absolute atomic E-state index is 8.00. The fourth-order valence-corrected chi connectivity index (χ4v) is 1.50. The van der Waals surface area contributed by atoms with Crippen LogP contribution in [-0.2, 0) is 4.79 Å². The van der Waals surface area contributed by atoms with Crippen molar-refractivity contribution in [1.29, 1.82) is 0 Å². The Morgan fingerprint density at radius 1 is 1.42 bits per heavy atom. The Balaban J connectivity index is 0. The third-order valence-corrected chi connectivity index (χ3v) is 2.14. The Bertz CT molecular complexity index is 85.9. The number of nitrogens with zero attached hydrogens (tertiary/aromatic N) is 1. The topological polar surface area (TPSA) is 20.3 Å². The highest BCUT2D eigenvalue weighted by Crippen LogP contribution is 2.16. The van der Waals surface area contributed by atoms with Crippen molar-refractivity contribution >= 4 is 6.79 Å². The molecule has 12 heavy (non-hydrogen) atoms. The summed E-state index contributed by atoms with van der Waals surface area (Å²) in [4.78, 5) is 10.5. The maximum atomic E-state index is 8.00. The predicted octanol–water partition coefficient (Wildman–Crippen LogP) is 2.33. The Kier molecular flexibility index (Phi) is 12.6. The number of carbonyl (C=O) groups excluding carboxylic acids is 1. The lowest BCUT2D eigenvalue weighted by molar-refractivity contribution is -0.0979. The zero-order valence-electron chi connectivity index (χ0n) is 8.97. The highest BCUT2D eigenvalue weighted by molar-refractivity contribution is 5.10. The lowest BCUT2D eigenvalue weighted by atomic mass is 10.2. The first kappa shape index (κ1) is 14.2. The summed E-state index contributed by atoms with van der Waals surface area (Å²) in [6, 6.07) is 0.898. The molecule has 1 unspecified atom stereocenters. The molecule has 0 bridgehead atoms. The van der Waals surface area contributed by atoms with Crippen LogP contribution in [0.15, 0.2) is 0 Å². The molecule has 1 fully saturated rings. The number of hydrogen-bond donors (Lipinski definition) is 0. The highest BCUT2D eigenvalue weighted by Gasteiger charge is 2.17. The Morgan fingerprint density at radius 2 is 1.92 bits per heavy atom. The molecule has 0 amide bonds. The molecule has 1 aliphatic heterocycles. The standard InChI is InChI=1S/C7H15N.C2H6.CH2O/c1-3-7-5-4-6-8(7)2;2*1-2/h7H,3-6H2,1-2H3;1-2H3;1H2. The average Bonchev–Trinajstić information content (AvgIpc) is 2.58. The van der Waals surface area contributed by atoms with E-state index < -0.39 is 0 Å². The molecule has 1 rings (SSSR count). The Hall–Kier alpha value is -0.370. The van der Waals surface area contributed by atoms with Crippen LogP contribution in [0, 0.1) is 0 Å². The van der Waals surface area contributed by atoms with Gasteiger partial charge in [0.25, 0.3) is 0 Å². The second-order valence-corrected chi connectivity index (χ2v) is 2.68. The summed E-state index contributed by atoms with van der Waals surface area (Å²) < 4.78 is 0. The summed E-state index contributed by atoms with van der Waals surface area (Å²) in [5.74, 6) is 0. The maximum Gasteiger partial charge on any atom is 0.106 e. The van der Waals surface area contributed by atoms with Crippen molar-refractivity contribution in [3.8, 4) is 0 Å². The van der Waals surface area contributed by atoms with E-state index in [2.05, 4.69) is 18.9 Å². The van der Waals surface area contributed by atoms with Gasteiger partial charge in [0.1, 0.15) is 6.79 Å². The van der Waals surface area contributed by atoms with Gasteiger partial charge in [-0.15, -0.1) is 0 Å². The zero-order valence-corrected chi connectivity index (χ0v) is 8.97. The molecule has 74 valence electrons. The van der Waals surface area contributed by atoms with Gasteiger partial charge in [-0.05, 0) is 32.9 Å². The minimum Gasteiger partial charge on any atom is -0.307 e. The molecule has 0 radical (unpaired) electrons. The highest BCUT2D eigenvalue weighted by atomic mass is 16.1. The smallest absolute Gasteiger partial charge is 0.106 e. The minimum atomic E-state index is 0.898. The molecule has 0 aliphatic carbocycles. The van der Waals surface area contributed by atoms with Crippen LogP contribution in [0.5, 0.6) is 0 Å². The fraction of sp³-hybridized carbons (Fsp3) is 0.900. The van der Waals surface area contributed by atoms with E-state index in [9.17, 15) is 0 Å². The first-order valence-corrected chi connectivity index (χ1v) is 4.83. The van der Waals surface area contributed by atoms with E-state index in [1.165, 1.54) is 25.8 Å². The van der Waals surface area contributed by atoms with Crippen molar-refractivity contribution in [3.05, 3.63) is 0 Å². The van der Waals surface area contributed by atoms with Crippen LogP contribution in [0.4, 0.5) is 0 Å². The van der Waals surface area contributed by atoms with Crippen LogP contribution in [0.3, 0.4) is 0 Å². The molecule has 0 saturated carbocycles. The van der Waals surface area contributed by atoms with Gasteiger partial charge in [-0.25, -0.2) is 0 Å². The largest absolute Gasteiger partial charge is 0.307 e. The van der Waals surface area contributed by atoms with Crippen LogP contribution >= 0.6 is 0 Å². The van der Waals surface area contributed by atoms with Crippen molar-refractivity contribution in [2.24, 2.45) is 0 Å². The van der Waals surface area contributed by atoms with E-state index in [1.807, 2.05) is 20.6 Å². The molecular weight excluding hydrogens is 150 g/mol. The molecule has 0 aromatic rings. The first-order chi connectivity index (χ1) is 5.84. The molecular formula is C10H23NO. The van der Waals surface area contributed by atoms with E-state index in [0.717, 1.165) is 6.04 Å². The van der Waals surface area contributed by atoms with E-state index in [-0.39, 0.29) is 0 Å². The third-order valence-electron chi connectivity index (χ3n) is 2.14. The molecule has 2 nitrogen and oxygen atoms in total. The predicted molar refractivity (Wildman–Crippen MR) is 54.4 cm³/mol. The summed E-state index contributed by atoms with van der Waals surface area (Å²) in [6.45, 7) is 9.59. The van der Waals surface area contributed by atoms with E-state index in [0.29, 0.717) is 0 Å². The number of carbonyl (C=O) groups is 1. The van der Waals surface area contributed by atoms with Gasteiger partial charge in [-0.3, -0.25) is 0 Å². The molecule has 1 heterocycles. The van der Waals surface area contributed by atoms with Crippen LogP contribution in [0.1, 0.15) is 40.0 Å². The SMILES string of the molecule is C=O.CC.CCC1CCCN1C. The van der Waals surface area contributed by atoms with Gasteiger partial charge in [0.05, 0.1) is 0 Å². The van der Waals surface area contributed by atoms with Crippen molar-refractivity contribution in [2.45, 2.75) is 46.1 Å². The minimum absolute atomic E-state index is 0.898. The Labute approximate surface area is 77.0 Å². The molecule has 0 aromatic heterocycles. The summed E-state index contributed by atoms with van der Waals surface area (Å²) in [7, 11) is 2.22. The van der Waals surface area contributed by atoms with Crippen molar-refractivity contribution in [3.63, 3.8) is 0 Å². The third kappa shape index (κ3) is 5.30. The normalized spacial score (nSPS) is 21.8. The summed E-state index contributed by atoms with van der Waals surface area (Å²) in [5.41, 5.74) is 0. The first-order valence-electron chi connectivity index (χ1n) is 4.83.